The summed E-state index contributed by atoms with van der Waals surface area (Å²) in [5.41, 5.74) is 3.14. The maximum atomic E-state index is 13.8. The molecular weight excluding hydrogens is 391 g/mol. The zero-order valence-electron chi connectivity index (χ0n) is 17.5. The van der Waals surface area contributed by atoms with Crippen LogP contribution in [0.2, 0.25) is 0 Å². The molecule has 160 valence electrons. The summed E-state index contributed by atoms with van der Waals surface area (Å²) in [5, 5.41) is 0. The Morgan fingerprint density at radius 2 is 1.80 bits per heavy atom. The van der Waals surface area contributed by atoms with Crippen LogP contribution >= 0.6 is 0 Å². The van der Waals surface area contributed by atoms with Gasteiger partial charge in [0, 0.05) is 24.7 Å². The number of rotatable bonds is 3. The predicted octanol–water partition coefficient (Wildman–Crippen LogP) is 5.88. The van der Waals surface area contributed by atoms with E-state index in [1.165, 1.54) is 16.1 Å². The molecule has 0 N–H and O–H groups in total. The summed E-state index contributed by atoms with van der Waals surface area (Å²) in [7, 11) is 1.68. The molecule has 30 heavy (non-hydrogen) atoms. The number of imidazole rings is 1. The fraction of sp³-hybridized carbons (Fsp3) is 0.478. The van der Waals surface area contributed by atoms with Crippen LogP contribution in [0.1, 0.15) is 62.4 Å². The van der Waals surface area contributed by atoms with E-state index in [-0.39, 0.29) is 11.5 Å². The summed E-state index contributed by atoms with van der Waals surface area (Å²) < 4.78 is 44.2. The lowest BCUT2D eigenvalue weighted by atomic mass is 9.88. The number of halogens is 3. The molecule has 0 spiro atoms. The molecule has 3 aromatic rings. The SMILES string of the molecule is Cc1cc(-c2ccc3nc(C4CCCCC4)n([C@@H](C)C(F)(F)F)c3c2)cn(C)c1=O. The average Bonchev–Trinajstić information content (AvgIpc) is 3.09. The molecule has 0 saturated heterocycles. The van der Waals surface area contributed by atoms with Gasteiger partial charge < -0.3 is 9.13 Å². The molecule has 1 saturated carbocycles. The van der Waals surface area contributed by atoms with Crippen LogP contribution in [0.4, 0.5) is 13.2 Å². The van der Waals surface area contributed by atoms with E-state index in [1.807, 2.05) is 6.07 Å². The minimum absolute atomic E-state index is 0.0548. The summed E-state index contributed by atoms with van der Waals surface area (Å²) in [6.45, 7) is 2.94. The number of alkyl halides is 3. The number of aromatic nitrogens is 3. The second-order valence-electron chi connectivity index (χ2n) is 8.42. The van der Waals surface area contributed by atoms with E-state index in [4.69, 9.17) is 0 Å². The van der Waals surface area contributed by atoms with Crippen LogP contribution < -0.4 is 5.56 Å². The van der Waals surface area contributed by atoms with Gasteiger partial charge in [-0.25, -0.2) is 4.98 Å². The summed E-state index contributed by atoms with van der Waals surface area (Å²) in [5.74, 6) is 0.600. The van der Waals surface area contributed by atoms with Crippen LogP contribution in [0.15, 0.2) is 35.3 Å². The van der Waals surface area contributed by atoms with Crippen molar-refractivity contribution in [3.8, 4) is 11.1 Å². The molecule has 4 nitrogen and oxygen atoms in total. The summed E-state index contributed by atoms with van der Waals surface area (Å²) in [6, 6.07) is 5.55. The molecule has 1 aromatic carbocycles. The van der Waals surface area contributed by atoms with Crippen LogP contribution in [-0.4, -0.2) is 20.3 Å². The van der Waals surface area contributed by atoms with Crippen molar-refractivity contribution < 1.29 is 13.2 Å². The lowest BCUT2D eigenvalue weighted by Gasteiger charge is -2.26. The summed E-state index contributed by atoms with van der Waals surface area (Å²) >= 11 is 0. The third-order valence-electron chi connectivity index (χ3n) is 6.24. The minimum Gasteiger partial charge on any atom is -0.318 e. The van der Waals surface area contributed by atoms with Gasteiger partial charge in [-0.15, -0.1) is 0 Å². The first-order chi connectivity index (χ1) is 14.2. The number of benzene rings is 1. The third kappa shape index (κ3) is 3.66. The summed E-state index contributed by atoms with van der Waals surface area (Å²) in [4.78, 5) is 16.7. The highest BCUT2D eigenvalue weighted by atomic mass is 19.4. The van der Waals surface area contributed by atoms with Crippen LogP contribution in [-0.2, 0) is 7.05 Å². The van der Waals surface area contributed by atoms with E-state index >= 15 is 0 Å². The highest BCUT2D eigenvalue weighted by Gasteiger charge is 2.40. The van der Waals surface area contributed by atoms with Crippen LogP contribution in [0, 0.1) is 6.92 Å². The molecule has 1 aliphatic carbocycles. The van der Waals surface area contributed by atoms with Crippen LogP contribution in [0.5, 0.6) is 0 Å². The van der Waals surface area contributed by atoms with Gasteiger partial charge in [-0.2, -0.15) is 13.2 Å². The van der Waals surface area contributed by atoms with E-state index < -0.39 is 12.2 Å². The molecule has 0 amide bonds. The Labute approximate surface area is 173 Å². The Morgan fingerprint density at radius 1 is 1.10 bits per heavy atom. The second-order valence-corrected chi connectivity index (χ2v) is 8.42. The van der Waals surface area contributed by atoms with Gasteiger partial charge in [0.2, 0.25) is 0 Å². The van der Waals surface area contributed by atoms with Gasteiger partial charge in [-0.3, -0.25) is 4.79 Å². The van der Waals surface area contributed by atoms with E-state index in [1.54, 1.807) is 38.4 Å². The van der Waals surface area contributed by atoms with Gasteiger partial charge in [0.25, 0.3) is 5.56 Å². The molecular formula is C23H26F3N3O. The molecule has 4 rings (SSSR count). The molecule has 2 heterocycles. The lowest BCUT2D eigenvalue weighted by molar-refractivity contribution is -0.162. The average molecular weight is 417 g/mol. The smallest absolute Gasteiger partial charge is 0.318 e. The standard InChI is InChI=1S/C23H26F3N3O/c1-14-11-18(13-28(3)22(14)30)17-9-10-19-20(12-17)29(15(2)23(24,25)26)21(27-19)16-7-5-4-6-8-16/h9-13,15-16H,4-8H2,1-3H3/t15-/m0/s1. The molecule has 0 aliphatic heterocycles. The van der Waals surface area contributed by atoms with Gasteiger partial charge >= 0.3 is 6.18 Å². The van der Waals surface area contributed by atoms with Gasteiger partial charge in [0.1, 0.15) is 11.9 Å². The van der Waals surface area contributed by atoms with Gasteiger partial charge in [-0.1, -0.05) is 25.3 Å². The van der Waals surface area contributed by atoms with Gasteiger partial charge in [0.05, 0.1) is 11.0 Å². The molecule has 7 heteroatoms. The first-order valence-electron chi connectivity index (χ1n) is 10.4. The van der Waals surface area contributed by atoms with E-state index in [0.717, 1.165) is 43.2 Å². The second kappa shape index (κ2) is 7.60. The largest absolute Gasteiger partial charge is 0.408 e. The Bertz CT molecular complexity index is 1110. The van der Waals surface area contributed by atoms with Crippen molar-refractivity contribution in [1.82, 2.24) is 14.1 Å². The van der Waals surface area contributed by atoms with Crippen molar-refractivity contribution >= 4 is 11.0 Å². The Kier molecular flexibility index (Phi) is 5.24. The van der Waals surface area contributed by atoms with Crippen molar-refractivity contribution in [2.75, 3.05) is 0 Å². The fourth-order valence-electron chi connectivity index (χ4n) is 4.53. The van der Waals surface area contributed by atoms with Gasteiger partial charge in [0.15, 0.2) is 0 Å². The summed E-state index contributed by atoms with van der Waals surface area (Å²) in [6.07, 6.45) is 2.28. The first kappa shape index (κ1) is 20.7. The molecule has 0 radical (unpaired) electrons. The van der Waals surface area contributed by atoms with Gasteiger partial charge in [-0.05, 0) is 56.0 Å². The molecule has 1 atom stereocenters. The third-order valence-corrected chi connectivity index (χ3v) is 6.24. The first-order valence-corrected chi connectivity index (χ1v) is 10.4. The molecule has 0 bridgehead atoms. The Hall–Kier alpha value is -2.57. The van der Waals surface area contributed by atoms with Crippen molar-refractivity contribution in [1.29, 1.82) is 0 Å². The lowest BCUT2D eigenvalue weighted by Crippen LogP contribution is -2.26. The monoisotopic (exact) mass is 417 g/mol. The number of pyridine rings is 1. The van der Waals surface area contributed by atoms with Crippen molar-refractivity contribution in [2.24, 2.45) is 7.05 Å². The number of nitrogens with zero attached hydrogens (tertiary/aromatic N) is 3. The van der Waals surface area contributed by atoms with Crippen LogP contribution in [0.3, 0.4) is 0 Å². The van der Waals surface area contributed by atoms with Crippen molar-refractivity contribution in [3.63, 3.8) is 0 Å². The minimum atomic E-state index is -4.36. The molecule has 2 aromatic heterocycles. The fourth-order valence-corrected chi connectivity index (χ4v) is 4.53. The zero-order chi connectivity index (χ0) is 21.6. The Balaban J connectivity index is 1.91. The normalized spacial score (nSPS) is 16.9. The van der Waals surface area contributed by atoms with E-state index in [2.05, 4.69) is 4.98 Å². The highest BCUT2D eigenvalue weighted by Crippen LogP contribution is 2.40. The number of aryl methyl sites for hydroxylation is 2. The number of fused-ring (bicyclic) bond motifs is 1. The van der Waals surface area contributed by atoms with Crippen LogP contribution in [0.25, 0.3) is 22.2 Å². The quantitative estimate of drug-likeness (QED) is 0.534. The maximum absolute atomic E-state index is 13.8. The highest BCUT2D eigenvalue weighted by molar-refractivity contribution is 5.83. The molecule has 1 fully saturated rings. The predicted molar refractivity (Wildman–Crippen MR) is 112 cm³/mol. The Morgan fingerprint density at radius 3 is 2.43 bits per heavy atom. The zero-order valence-corrected chi connectivity index (χ0v) is 17.5. The van der Waals surface area contributed by atoms with Crippen molar-refractivity contribution in [2.45, 2.75) is 64.1 Å². The van der Waals surface area contributed by atoms with E-state index in [0.29, 0.717) is 22.4 Å². The number of hydrogen-bond acceptors (Lipinski definition) is 2. The van der Waals surface area contributed by atoms with Crippen molar-refractivity contribution in [3.05, 3.63) is 52.2 Å². The molecule has 0 unspecified atom stereocenters. The number of hydrogen-bond donors (Lipinski definition) is 0. The topological polar surface area (TPSA) is 39.8 Å². The maximum Gasteiger partial charge on any atom is 0.408 e. The van der Waals surface area contributed by atoms with E-state index in [9.17, 15) is 18.0 Å². The molecule has 1 aliphatic rings.